The number of halogens is 1. The summed E-state index contributed by atoms with van der Waals surface area (Å²) in [5, 5.41) is 20.7. The highest BCUT2D eigenvalue weighted by Gasteiger charge is 2.37. The molecule has 8 heteroatoms. The van der Waals surface area contributed by atoms with Gasteiger partial charge in [-0.25, -0.2) is 4.79 Å². The summed E-state index contributed by atoms with van der Waals surface area (Å²) in [5.41, 5.74) is 0.494. The van der Waals surface area contributed by atoms with Crippen LogP contribution >= 0.6 is 11.6 Å². The van der Waals surface area contributed by atoms with Gasteiger partial charge >= 0.3 is 11.6 Å². The van der Waals surface area contributed by atoms with Gasteiger partial charge < -0.3 is 19.4 Å². The van der Waals surface area contributed by atoms with Crippen molar-refractivity contribution in [1.29, 1.82) is 0 Å². The van der Waals surface area contributed by atoms with Gasteiger partial charge in [-0.15, -0.1) is 0 Å². The third-order valence-corrected chi connectivity index (χ3v) is 5.31. The van der Waals surface area contributed by atoms with E-state index in [9.17, 15) is 24.6 Å². The van der Waals surface area contributed by atoms with E-state index in [-0.39, 0.29) is 39.5 Å². The minimum absolute atomic E-state index is 0.0363. The second-order valence-corrected chi connectivity index (χ2v) is 7.32. The molecule has 0 unspecified atom stereocenters. The quantitative estimate of drug-likeness (QED) is 0.283. The van der Waals surface area contributed by atoms with Crippen molar-refractivity contribution in [2.24, 2.45) is 0 Å². The van der Waals surface area contributed by atoms with Gasteiger partial charge in [-0.1, -0.05) is 17.7 Å². The van der Waals surface area contributed by atoms with Crippen LogP contribution in [0, 0.1) is 6.92 Å². The Hall–Kier alpha value is -3.32. The minimum Gasteiger partial charge on any atom is -0.506 e. The van der Waals surface area contributed by atoms with Gasteiger partial charge in [0.25, 0.3) is 0 Å². The third-order valence-electron chi connectivity index (χ3n) is 5.01. The fraction of sp³-hybridized carbons (Fsp3) is 0.190. The molecule has 0 spiro atoms. The van der Waals surface area contributed by atoms with Gasteiger partial charge in [-0.2, -0.15) is 0 Å². The van der Waals surface area contributed by atoms with E-state index in [1.54, 1.807) is 13.0 Å². The average Bonchev–Trinajstić information content (AvgIpc) is 2.62. The molecule has 0 amide bonds. The average molecular weight is 415 g/mol. The number of fused-ring (bicyclic) bond motifs is 3. The van der Waals surface area contributed by atoms with Gasteiger partial charge in [0, 0.05) is 17.5 Å². The number of Topliss-reactive ketones (excluding diaryl/α,β-unsaturated/α-hetero) is 1. The largest absolute Gasteiger partial charge is 0.506 e. The molecule has 0 saturated heterocycles. The molecule has 1 aliphatic rings. The van der Waals surface area contributed by atoms with E-state index in [0.29, 0.717) is 16.7 Å². The van der Waals surface area contributed by atoms with Crippen molar-refractivity contribution >= 4 is 34.3 Å². The van der Waals surface area contributed by atoms with Crippen LogP contribution in [0.3, 0.4) is 0 Å². The molecule has 3 aromatic rings. The first kappa shape index (κ1) is 19.0. The van der Waals surface area contributed by atoms with E-state index in [0.717, 1.165) is 0 Å². The highest BCUT2D eigenvalue weighted by atomic mass is 35.5. The number of hydrogen-bond acceptors (Lipinski definition) is 7. The topological polar surface area (TPSA) is 114 Å². The number of ether oxygens (including phenoxy) is 1. The molecule has 148 valence electrons. The predicted octanol–water partition coefficient (Wildman–Crippen LogP) is 3.81. The van der Waals surface area contributed by atoms with E-state index in [1.165, 1.54) is 25.1 Å². The molecule has 0 aliphatic carbocycles. The van der Waals surface area contributed by atoms with E-state index in [4.69, 9.17) is 20.8 Å². The number of aryl methyl sites for hydroxylation is 1. The molecule has 1 atom stereocenters. The van der Waals surface area contributed by atoms with Crippen LogP contribution in [0.1, 0.15) is 46.3 Å². The maximum absolute atomic E-state index is 12.3. The maximum atomic E-state index is 12.3. The monoisotopic (exact) mass is 414 g/mol. The van der Waals surface area contributed by atoms with Crippen LogP contribution in [-0.4, -0.2) is 22.0 Å². The summed E-state index contributed by atoms with van der Waals surface area (Å²) in [6.07, 6.45) is -0.108. The number of hydrogen-bond donors (Lipinski definition) is 2. The second kappa shape index (κ2) is 6.63. The lowest BCUT2D eigenvalue weighted by Gasteiger charge is -2.28. The summed E-state index contributed by atoms with van der Waals surface area (Å²) in [7, 11) is 0. The van der Waals surface area contributed by atoms with Crippen molar-refractivity contribution < 1.29 is 29.0 Å². The zero-order chi connectivity index (χ0) is 21.0. The van der Waals surface area contributed by atoms with Crippen molar-refractivity contribution in [2.45, 2.75) is 26.2 Å². The molecule has 0 bridgehead atoms. The van der Waals surface area contributed by atoms with Crippen LogP contribution in [-0.2, 0) is 4.79 Å². The van der Waals surface area contributed by atoms with E-state index in [1.807, 2.05) is 0 Å². The Kier molecular flexibility index (Phi) is 4.35. The molecule has 0 saturated carbocycles. The van der Waals surface area contributed by atoms with Crippen LogP contribution in [0.2, 0.25) is 5.02 Å². The number of aromatic hydroxyl groups is 2. The Morgan fingerprint density at radius 3 is 2.59 bits per heavy atom. The fourth-order valence-electron chi connectivity index (χ4n) is 3.76. The first-order chi connectivity index (χ1) is 13.7. The van der Waals surface area contributed by atoms with Crippen molar-refractivity contribution in [3.63, 3.8) is 0 Å². The molecule has 2 aromatic carbocycles. The predicted molar refractivity (Wildman–Crippen MR) is 104 cm³/mol. The molecule has 1 aromatic heterocycles. The molecular weight excluding hydrogens is 400 g/mol. The molecule has 0 fully saturated rings. The van der Waals surface area contributed by atoms with Crippen LogP contribution < -0.4 is 10.4 Å². The summed E-state index contributed by atoms with van der Waals surface area (Å²) in [4.78, 5) is 36.7. The van der Waals surface area contributed by atoms with Crippen molar-refractivity contribution in [3.05, 3.63) is 62.0 Å². The van der Waals surface area contributed by atoms with Gasteiger partial charge in [0.2, 0.25) is 0 Å². The van der Waals surface area contributed by atoms with Gasteiger partial charge in [0.15, 0.2) is 11.5 Å². The molecule has 2 heterocycles. The SMILES string of the molecule is CC(=O)c1c2c(c3oc(=O)cc(C)c3c1O)[C@@H](c1ccc(O)c(Cl)c1)CC(=O)O2. The van der Waals surface area contributed by atoms with Gasteiger partial charge in [0.1, 0.15) is 22.6 Å². The highest BCUT2D eigenvalue weighted by Crippen LogP contribution is 2.49. The summed E-state index contributed by atoms with van der Waals surface area (Å²) in [6, 6.07) is 5.66. The zero-order valence-corrected chi connectivity index (χ0v) is 16.2. The fourth-order valence-corrected chi connectivity index (χ4v) is 3.95. The molecule has 0 radical (unpaired) electrons. The van der Waals surface area contributed by atoms with Gasteiger partial charge in [-0.3, -0.25) is 9.59 Å². The number of benzene rings is 2. The molecule has 2 N–H and O–H groups in total. The number of phenolic OH excluding ortho intramolecular Hbond substituents is 2. The number of carbonyl (C=O) groups is 2. The Balaban J connectivity index is 2.17. The lowest BCUT2D eigenvalue weighted by atomic mass is 9.82. The van der Waals surface area contributed by atoms with Crippen LogP contribution in [0.5, 0.6) is 17.2 Å². The Morgan fingerprint density at radius 2 is 1.93 bits per heavy atom. The normalized spacial score (nSPS) is 15.8. The van der Waals surface area contributed by atoms with Crippen LogP contribution in [0.25, 0.3) is 11.0 Å². The first-order valence-corrected chi connectivity index (χ1v) is 9.10. The Morgan fingerprint density at radius 1 is 1.21 bits per heavy atom. The van der Waals surface area contributed by atoms with Crippen molar-refractivity contribution in [2.75, 3.05) is 0 Å². The number of carbonyl (C=O) groups excluding carboxylic acids is 2. The summed E-state index contributed by atoms with van der Waals surface area (Å²) < 4.78 is 10.7. The van der Waals surface area contributed by atoms with Gasteiger partial charge in [0.05, 0.1) is 16.8 Å². The Labute approximate surface area is 169 Å². The summed E-state index contributed by atoms with van der Waals surface area (Å²) in [6.45, 7) is 2.85. The summed E-state index contributed by atoms with van der Waals surface area (Å²) >= 11 is 6.04. The van der Waals surface area contributed by atoms with Crippen LogP contribution in [0.15, 0.2) is 33.5 Å². The highest BCUT2D eigenvalue weighted by molar-refractivity contribution is 6.32. The number of ketones is 1. The molecular formula is C21H15ClO7. The van der Waals surface area contributed by atoms with E-state index >= 15 is 0 Å². The lowest BCUT2D eigenvalue weighted by Crippen LogP contribution is -2.23. The second-order valence-electron chi connectivity index (χ2n) is 6.92. The zero-order valence-electron chi connectivity index (χ0n) is 15.4. The molecule has 4 rings (SSSR count). The first-order valence-electron chi connectivity index (χ1n) is 8.72. The number of rotatable bonds is 2. The summed E-state index contributed by atoms with van der Waals surface area (Å²) in [5.74, 6) is -2.48. The number of phenols is 2. The minimum atomic E-state index is -0.671. The van der Waals surface area contributed by atoms with E-state index < -0.39 is 29.0 Å². The molecule has 1 aliphatic heterocycles. The van der Waals surface area contributed by atoms with E-state index in [2.05, 4.69) is 0 Å². The molecule has 7 nitrogen and oxygen atoms in total. The Bertz CT molecular complexity index is 1270. The standard InChI is InChI=1S/C21H15ClO7/c1-8-5-14(25)28-20-16(8)19(27)17(9(2)23)21-18(20)11(7-15(26)29-21)10-3-4-13(24)12(22)6-10/h3-6,11,24,27H,7H2,1-2H3/t11-/m1/s1. The maximum Gasteiger partial charge on any atom is 0.336 e. The lowest BCUT2D eigenvalue weighted by molar-refractivity contribution is -0.135. The van der Waals surface area contributed by atoms with Gasteiger partial charge in [-0.05, 0) is 37.1 Å². The third kappa shape index (κ3) is 2.94. The van der Waals surface area contributed by atoms with Crippen LogP contribution in [0.4, 0.5) is 0 Å². The van der Waals surface area contributed by atoms with Crippen molar-refractivity contribution in [1.82, 2.24) is 0 Å². The van der Waals surface area contributed by atoms with Crippen molar-refractivity contribution in [3.8, 4) is 17.2 Å². The molecule has 29 heavy (non-hydrogen) atoms. The smallest absolute Gasteiger partial charge is 0.336 e. The number of esters is 1.